The number of aliphatic hydroxyl groups is 1. The second-order valence-corrected chi connectivity index (χ2v) is 9.67. The Morgan fingerprint density at radius 1 is 1.30 bits per heavy atom. The van der Waals surface area contributed by atoms with Gasteiger partial charge in [0, 0.05) is 23.1 Å². The van der Waals surface area contributed by atoms with Crippen LogP contribution in [0.25, 0.3) is 22.7 Å². The number of rotatable bonds is 9. The minimum Gasteiger partial charge on any atom is -0.394 e. The lowest BCUT2D eigenvalue weighted by Crippen LogP contribution is -2.45. The molecule has 5 rings (SSSR count). The summed E-state index contributed by atoms with van der Waals surface area (Å²) in [6.07, 6.45) is 7.37. The van der Waals surface area contributed by atoms with E-state index in [1.165, 1.54) is 24.3 Å². The van der Waals surface area contributed by atoms with Gasteiger partial charge in [0.25, 0.3) is 0 Å². The molecule has 0 aliphatic carbocycles. The number of aromatic nitrogens is 3. The van der Waals surface area contributed by atoms with Gasteiger partial charge in [0.05, 0.1) is 55.2 Å². The fourth-order valence-corrected chi connectivity index (χ4v) is 4.68. The highest BCUT2D eigenvalue weighted by molar-refractivity contribution is 6.18. The fourth-order valence-electron chi connectivity index (χ4n) is 4.43. The summed E-state index contributed by atoms with van der Waals surface area (Å²) in [7, 11) is 0. The van der Waals surface area contributed by atoms with E-state index in [0.717, 1.165) is 22.3 Å². The van der Waals surface area contributed by atoms with E-state index in [9.17, 15) is 14.3 Å². The normalized spacial score (nSPS) is 15.9. The first-order valence-electron chi connectivity index (χ1n) is 11.8. The second kappa shape index (κ2) is 10.5. The first kappa shape index (κ1) is 25.1. The number of ether oxygens (including phenoxy) is 1. The molecule has 0 bridgehead atoms. The van der Waals surface area contributed by atoms with Crippen LogP contribution in [0, 0.1) is 18.2 Å². The van der Waals surface area contributed by atoms with Gasteiger partial charge in [-0.3, -0.25) is 4.79 Å². The minimum atomic E-state index is -0.705. The van der Waals surface area contributed by atoms with Crippen molar-refractivity contribution < 1.29 is 23.6 Å². The van der Waals surface area contributed by atoms with Gasteiger partial charge in [-0.05, 0) is 48.7 Å². The lowest BCUT2D eigenvalue weighted by atomic mass is 9.80. The molecule has 37 heavy (non-hydrogen) atoms. The van der Waals surface area contributed by atoms with E-state index in [2.05, 4.69) is 15.5 Å². The number of hydrogen-bond acceptors (Lipinski definition) is 6. The zero-order valence-electron chi connectivity index (χ0n) is 20.2. The zero-order valence-corrected chi connectivity index (χ0v) is 20.9. The van der Waals surface area contributed by atoms with Gasteiger partial charge in [-0.25, -0.2) is 9.37 Å². The third kappa shape index (κ3) is 5.16. The van der Waals surface area contributed by atoms with Crippen LogP contribution in [0.3, 0.4) is 0 Å². The topological polar surface area (TPSA) is 102 Å². The molecular formula is C27H26ClFN4O4. The molecule has 1 atom stereocenters. The number of carbonyl (C=O) groups is 1. The monoisotopic (exact) mass is 524 g/mol. The molecule has 1 fully saturated rings. The summed E-state index contributed by atoms with van der Waals surface area (Å²) < 4.78 is 26.2. The molecule has 2 aromatic carbocycles. The lowest BCUT2D eigenvalue weighted by molar-refractivity contribution is -0.121. The number of nitrogens with one attached hydrogen (secondary N) is 1. The van der Waals surface area contributed by atoms with Crippen molar-refractivity contribution in [2.24, 2.45) is 5.41 Å². The van der Waals surface area contributed by atoms with Crippen LogP contribution < -0.4 is 5.32 Å². The van der Waals surface area contributed by atoms with Gasteiger partial charge < -0.3 is 24.3 Å². The van der Waals surface area contributed by atoms with Gasteiger partial charge in [-0.1, -0.05) is 23.4 Å². The maximum atomic E-state index is 13.6. The van der Waals surface area contributed by atoms with E-state index in [1.54, 1.807) is 18.6 Å². The molecule has 1 aliphatic heterocycles. The van der Waals surface area contributed by atoms with E-state index in [-0.39, 0.29) is 17.9 Å². The van der Waals surface area contributed by atoms with E-state index in [1.807, 2.05) is 29.8 Å². The highest BCUT2D eigenvalue weighted by Crippen LogP contribution is 2.37. The van der Waals surface area contributed by atoms with Gasteiger partial charge in [0.15, 0.2) is 5.58 Å². The van der Waals surface area contributed by atoms with Crippen molar-refractivity contribution in [2.75, 3.05) is 25.7 Å². The number of amides is 1. The van der Waals surface area contributed by atoms with Crippen LogP contribution in [-0.4, -0.2) is 51.4 Å². The van der Waals surface area contributed by atoms with Gasteiger partial charge >= 0.3 is 0 Å². The predicted octanol–water partition coefficient (Wildman–Crippen LogP) is 4.34. The molecule has 1 unspecified atom stereocenters. The molecule has 1 amide bonds. The predicted molar refractivity (Wildman–Crippen MR) is 137 cm³/mol. The average molecular weight is 525 g/mol. The van der Waals surface area contributed by atoms with Crippen molar-refractivity contribution in [3.63, 3.8) is 0 Å². The third-order valence-electron chi connectivity index (χ3n) is 6.57. The molecule has 0 spiro atoms. The Morgan fingerprint density at radius 2 is 2.08 bits per heavy atom. The molecule has 2 N–H and O–H groups in total. The highest BCUT2D eigenvalue weighted by atomic mass is 35.5. The Balaban J connectivity index is 1.51. The number of carbonyl (C=O) groups excluding carboxylic acids is 1. The Kier molecular flexibility index (Phi) is 7.10. The maximum absolute atomic E-state index is 13.6. The number of nitrogens with zero attached hydrogens (tertiary/aromatic N) is 3. The van der Waals surface area contributed by atoms with Crippen molar-refractivity contribution in [3.8, 4) is 5.69 Å². The summed E-state index contributed by atoms with van der Waals surface area (Å²) >= 11 is 6.28. The summed E-state index contributed by atoms with van der Waals surface area (Å²) in [4.78, 5) is 17.8. The third-order valence-corrected chi connectivity index (χ3v) is 7.14. The first-order valence-corrected chi connectivity index (χ1v) is 12.3. The molecule has 8 nitrogen and oxygen atoms in total. The Bertz CT molecular complexity index is 1440. The van der Waals surface area contributed by atoms with Crippen molar-refractivity contribution in [1.82, 2.24) is 20.0 Å². The number of aryl methyl sites for hydroxylation is 1. The Labute approximate surface area is 217 Å². The maximum Gasteiger partial charge on any atom is 0.247 e. The summed E-state index contributed by atoms with van der Waals surface area (Å²) in [6.45, 7) is 2.45. The number of hydrogen-bond donors (Lipinski definition) is 2. The lowest BCUT2D eigenvalue weighted by Gasteiger charge is -2.40. The number of benzene rings is 2. The van der Waals surface area contributed by atoms with Gasteiger partial charge in [0.1, 0.15) is 5.82 Å². The van der Waals surface area contributed by atoms with Crippen LogP contribution in [0.15, 0.2) is 65.2 Å². The van der Waals surface area contributed by atoms with Crippen molar-refractivity contribution >= 4 is 34.6 Å². The van der Waals surface area contributed by atoms with Gasteiger partial charge in [0.2, 0.25) is 5.91 Å². The molecule has 10 heteroatoms. The minimum absolute atomic E-state index is 0.334. The Morgan fingerprint density at radius 3 is 2.70 bits per heavy atom. The molecule has 1 aliphatic rings. The molecule has 1 saturated heterocycles. The second-order valence-electron chi connectivity index (χ2n) is 9.40. The van der Waals surface area contributed by atoms with Crippen LogP contribution >= 0.6 is 11.6 Å². The molecule has 192 valence electrons. The number of halogens is 2. The highest BCUT2D eigenvalue weighted by Gasteiger charge is 2.40. The Hall–Kier alpha value is -3.53. The molecule has 0 saturated carbocycles. The van der Waals surface area contributed by atoms with Crippen LogP contribution in [0.1, 0.15) is 29.3 Å². The molecule has 0 radical (unpaired) electrons. The quantitative estimate of drug-likeness (QED) is 0.249. The number of alkyl halides is 1. The summed E-state index contributed by atoms with van der Waals surface area (Å²) in [5, 5.41) is 17.6. The van der Waals surface area contributed by atoms with Crippen molar-refractivity contribution in [2.45, 2.75) is 19.4 Å². The van der Waals surface area contributed by atoms with Crippen LogP contribution in [0.2, 0.25) is 0 Å². The number of aliphatic hydroxyl groups excluding tert-OH is 1. The van der Waals surface area contributed by atoms with Crippen molar-refractivity contribution in [3.05, 3.63) is 83.3 Å². The zero-order chi connectivity index (χ0) is 26.0. The molecular weight excluding hydrogens is 499 g/mol. The summed E-state index contributed by atoms with van der Waals surface area (Å²) in [5.41, 5.74) is 3.65. The average Bonchev–Trinajstić information content (AvgIpc) is 3.54. The first-order chi connectivity index (χ1) is 17.9. The largest absolute Gasteiger partial charge is 0.394 e. The fraction of sp³-hybridized carbons (Fsp3) is 0.296. The van der Waals surface area contributed by atoms with E-state index in [4.69, 9.17) is 20.9 Å². The SMILES string of the molecule is Cc1cn(-c2ccc(/C=C(\CC3(CCl)COC3)C(=O)NC(CO)c3ccc(F)cc3)c3cnoc23)cn1. The van der Waals surface area contributed by atoms with Gasteiger partial charge in [-0.15, -0.1) is 11.6 Å². The smallest absolute Gasteiger partial charge is 0.247 e. The molecule has 3 heterocycles. The molecule has 4 aromatic rings. The standard InChI is InChI=1S/C27H26ClFN4O4/c1-17-11-33(16-30-17)24-7-4-19(22-10-31-37-25(22)24)8-20(9-27(13-28)14-36-15-27)26(35)32-23(12-34)18-2-5-21(29)6-3-18/h2-8,10-11,16,23,34H,9,12-15H2,1H3,(H,32,35)/b20-8+. The number of fused-ring (bicyclic) bond motifs is 1. The van der Waals surface area contributed by atoms with E-state index < -0.39 is 11.9 Å². The van der Waals surface area contributed by atoms with Crippen LogP contribution in [0.5, 0.6) is 0 Å². The van der Waals surface area contributed by atoms with Crippen molar-refractivity contribution in [1.29, 1.82) is 0 Å². The number of imidazole rings is 1. The van der Waals surface area contributed by atoms with E-state index in [0.29, 0.717) is 42.2 Å². The van der Waals surface area contributed by atoms with E-state index >= 15 is 0 Å². The van der Waals surface area contributed by atoms with Gasteiger partial charge in [-0.2, -0.15) is 0 Å². The summed E-state index contributed by atoms with van der Waals surface area (Å²) in [5.74, 6) is -0.423. The molecule has 2 aromatic heterocycles. The van der Waals surface area contributed by atoms with Crippen LogP contribution in [0.4, 0.5) is 4.39 Å². The summed E-state index contributed by atoms with van der Waals surface area (Å²) in [6, 6.07) is 8.74. The van der Waals surface area contributed by atoms with Crippen LogP contribution in [-0.2, 0) is 9.53 Å².